The van der Waals surface area contributed by atoms with Gasteiger partial charge in [0, 0.05) is 47.0 Å². The van der Waals surface area contributed by atoms with Crippen molar-refractivity contribution in [3.8, 4) is 0 Å². The molecule has 1 fully saturated rings. The van der Waals surface area contributed by atoms with Gasteiger partial charge in [-0.25, -0.2) is 0 Å². The predicted octanol–water partition coefficient (Wildman–Crippen LogP) is 1.92. The zero-order valence-electron chi connectivity index (χ0n) is 10.5. The van der Waals surface area contributed by atoms with Gasteiger partial charge in [-0.3, -0.25) is 4.68 Å². The molecule has 96 valence electrons. The van der Waals surface area contributed by atoms with Crippen molar-refractivity contribution in [1.82, 2.24) is 9.78 Å². The molecule has 0 spiro atoms. The fourth-order valence-electron chi connectivity index (χ4n) is 2.25. The molecule has 3 nitrogen and oxygen atoms in total. The van der Waals surface area contributed by atoms with Gasteiger partial charge in [0.25, 0.3) is 0 Å². The standard InChI is InChI=1S/C12H21N3S2/c1-9-12(17-8-7-16-9)11(13)4-3-10-5-6-14-15(10)2/h5-6,9,11-12H,3-4,7-8,13H2,1-2H3. The van der Waals surface area contributed by atoms with Crippen LogP contribution in [0.3, 0.4) is 0 Å². The number of thioether (sulfide) groups is 2. The second kappa shape index (κ2) is 6.16. The second-order valence-corrected chi connectivity index (χ2v) is 7.33. The molecule has 1 saturated heterocycles. The van der Waals surface area contributed by atoms with Gasteiger partial charge in [-0.05, 0) is 18.9 Å². The van der Waals surface area contributed by atoms with E-state index in [9.17, 15) is 0 Å². The smallest absolute Gasteiger partial charge is 0.0492 e. The highest BCUT2D eigenvalue weighted by atomic mass is 32.2. The molecule has 17 heavy (non-hydrogen) atoms. The normalized spacial score (nSPS) is 27.0. The summed E-state index contributed by atoms with van der Waals surface area (Å²) in [5.41, 5.74) is 7.62. The first-order valence-electron chi connectivity index (χ1n) is 6.14. The summed E-state index contributed by atoms with van der Waals surface area (Å²) >= 11 is 4.12. The molecule has 2 heterocycles. The van der Waals surface area contributed by atoms with Crippen LogP contribution >= 0.6 is 23.5 Å². The highest BCUT2D eigenvalue weighted by Gasteiger charge is 2.27. The molecule has 1 aliphatic heterocycles. The van der Waals surface area contributed by atoms with Gasteiger partial charge in [-0.1, -0.05) is 6.92 Å². The van der Waals surface area contributed by atoms with Gasteiger partial charge in [0.1, 0.15) is 0 Å². The summed E-state index contributed by atoms with van der Waals surface area (Å²) in [7, 11) is 1.99. The third-order valence-corrected chi connectivity index (χ3v) is 6.59. The van der Waals surface area contributed by atoms with Crippen molar-refractivity contribution >= 4 is 23.5 Å². The highest BCUT2D eigenvalue weighted by molar-refractivity contribution is 8.07. The first-order valence-corrected chi connectivity index (χ1v) is 8.24. The van der Waals surface area contributed by atoms with Crippen molar-refractivity contribution in [2.75, 3.05) is 11.5 Å². The molecule has 3 unspecified atom stereocenters. The summed E-state index contributed by atoms with van der Waals surface area (Å²) < 4.78 is 1.94. The van der Waals surface area contributed by atoms with Gasteiger partial charge in [0.05, 0.1) is 0 Å². The first-order chi connectivity index (χ1) is 8.18. The Morgan fingerprint density at radius 1 is 1.53 bits per heavy atom. The molecule has 0 bridgehead atoms. The number of aromatic nitrogens is 2. The molecule has 0 aliphatic carbocycles. The van der Waals surface area contributed by atoms with E-state index >= 15 is 0 Å². The van der Waals surface area contributed by atoms with Gasteiger partial charge in [-0.2, -0.15) is 28.6 Å². The van der Waals surface area contributed by atoms with E-state index in [0.29, 0.717) is 16.5 Å². The molecule has 1 aromatic heterocycles. The third-order valence-electron chi connectivity index (χ3n) is 3.32. The fourth-order valence-corrected chi connectivity index (χ4v) is 5.18. The fraction of sp³-hybridized carbons (Fsp3) is 0.750. The van der Waals surface area contributed by atoms with Crippen molar-refractivity contribution < 1.29 is 0 Å². The molecule has 5 heteroatoms. The first kappa shape index (κ1) is 13.3. The number of rotatable bonds is 4. The molecule has 2 rings (SSSR count). The molecular formula is C12H21N3S2. The van der Waals surface area contributed by atoms with Gasteiger partial charge < -0.3 is 5.73 Å². The largest absolute Gasteiger partial charge is 0.327 e. The minimum atomic E-state index is 0.303. The Labute approximate surface area is 112 Å². The quantitative estimate of drug-likeness (QED) is 0.908. The molecule has 0 amide bonds. The van der Waals surface area contributed by atoms with Crippen molar-refractivity contribution in [2.45, 2.75) is 36.3 Å². The van der Waals surface area contributed by atoms with Crippen LogP contribution in [0, 0.1) is 0 Å². The Balaban J connectivity index is 1.84. The summed E-state index contributed by atoms with van der Waals surface area (Å²) in [4.78, 5) is 0. The number of hydrogen-bond acceptors (Lipinski definition) is 4. The van der Waals surface area contributed by atoms with Crippen molar-refractivity contribution in [3.05, 3.63) is 18.0 Å². The molecule has 2 N–H and O–H groups in total. The molecule has 3 atom stereocenters. The Bertz CT molecular complexity index is 353. The molecule has 0 radical (unpaired) electrons. The van der Waals surface area contributed by atoms with Crippen molar-refractivity contribution in [3.63, 3.8) is 0 Å². The van der Waals surface area contributed by atoms with E-state index in [1.807, 2.05) is 17.9 Å². The zero-order chi connectivity index (χ0) is 12.3. The van der Waals surface area contributed by atoms with Crippen LogP contribution in [-0.4, -0.2) is 37.8 Å². The van der Waals surface area contributed by atoms with E-state index in [1.54, 1.807) is 0 Å². The molecule has 1 aliphatic rings. The van der Waals surface area contributed by atoms with E-state index in [-0.39, 0.29) is 0 Å². The number of nitrogens with two attached hydrogens (primary N) is 1. The molecule has 1 aromatic rings. The van der Waals surface area contributed by atoms with Crippen LogP contribution in [0.2, 0.25) is 0 Å². The topological polar surface area (TPSA) is 43.8 Å². The number of nitrogens with zero attached hydrogens (tertiary/aromatic N) is 2. The van der Waals surface area contributed by atoms with Crippen LogP contribution in [0.15, 0.2) is 12.3 Å². The minimum absolute atomic E-state index is 0.303. The summed E-state index contributed by atoms with van der Waals surface area (Å²) in [5, 5.41) is 5.49. The van der Waals surface area contributed by atoms with Crippen LogP contribution in [0.5, 0.6) is 0 Å². The number of aryl methyl sites for hydroxylation is 2. The van der Waals surface area contributed by atoms with Crippen molar-refractivity contribution in [1.29, 1.82) is 0 Å². The maximum absolute atomic E-state index is 6.34. The second-order valence-electron chi connectivity index (χ2n) is 4.56. The van der Waals surface area contributed by atoms with Crippen LogP contribution in [0.4, 0.5) is 0 Å². The van der Waals surface area contributed by atoms with E-state index in [2.05, 4.69) is 41.6 Å². The highest BCUT2D eigenvalue weighted by Crippen LogP contribution is 2.33. The Morgan fingerprint density at radius 3 is 2.94 bits per heavy atom. The van der Waals surface area contributed by atoms with E-state index in [1.165, 1.54) is 17.2 Å². The molecular weight excluding hydrogens is 250 g/mol. The third kappa shape index (κ3) is 3.42. The average Bonchev–Trinajstić information content (AvgIpc) is 2.72. The SMILES string of the molecule is CC1SCCSC1C(N)CCc1ccnn1C. The Hall–Kier alpha value is -0.130. The van der Waals surface area contributed by atoms with Crippen LogP contribution in [0.1, 0.15) is 19.0 Å². The molecule has 0 aromatic carbocycles. The zero-order valence-corrected chi connectivity index (χ0v) is 12.1. The van der Waals surface area contributed by atoms with Crippen LogP contribution in [-0.2, 0) is 13.5 Å². The molecule has 0 saturated carbocycles. The lowest BCUT2D eigenvalue weighted by Crippen LogP contribution is -2.41. The van der Waals surface area contributed by atoms with Crippen LogP contribution in [0.25, 0.3) is 0 Å². The number of hydrogen-bond donors (Lipinski definition) is 1. The van der Waals surface area contributed by atoms with Crippen LogP contribution < -0.4 is 5.73 Å². The maximum Gasteiger partial charge on any atom is 0.0492 e. The maximum atomic E-state index is 6.34. The lowest BCUT2D eigenvalue weighted by Gasteiger charge is -2.32. The summed E-state index contributed by atoms with van der Waals surface area (Å²) in [6.07, 6.45) is 3.95. The van der Waals surface area contributed by atoms with E-state index in [0.717, 1.165) is 12.8 Å². The van der Waals surface area contributed by atoms with Gasteiger partial charge in [-0.15, -0.1) is 0 Å². The Morgan fingerprint density at radius 2 is 2.29 bits per heavy atom. The van der Waals surface area contributed by atoms with E-state index < -0.39 is 0 Å². The average molecular weight is 271 g/mol. The van der Waals surface area contributed by atoms with Gasteiger partial charge >= 0.3 is 0 Å². The van der Waals surface area contributed by atoms with Crippen molar-refractivity contribution in [2.24, 2.45) is 12.8 Å². The minimum Gasteiger partial charge on any atom is -0.327 e. The monoisotopic (exact) mass is 271 g/mol. The van der Waals surface area contributed by atoms with Gasteiger partial charge in [0.2, 0.25) is 0 Å². The Kier molecular flexibility index (Phi) is 4.82. The summed E-state index contributed by atoms with van der Waals surface area (Å²) in [6, 6.07) is 2.39. The summed E-state index contributed by atoms with van der Waals surface area (Å²) in [6.45, 7) is 2.31. The lowest BCUT2D eigenvalue weighted by molar-refractivity contribution is 0.563. The summed E-state index contributed by atoms with van der Waals surface area (Å²) in [5.74, 6) is 2.52. The van der Waals surface area contributed by atoms with Gasteiger partial charge in [0.15, 0.2) is 0 Å². The lowest BCUT2D eigenvalue weighted by atomic mass is 10.1. The van der Waals surface area contributed by atoms with E-state index in [4.69, 9.17) is 5.73 Å². The predicted molar refractivity (Wildman–Crippen MR) is 77.7 cm³/mol.